The third-order valence-electron chi connectivity index (χ3n) is 3.27. The van der Waals surface area contributed by atoms with Crippen LogP contribution >= 0.6 is 11.6 Å². The summed E-state index contributed by atoms with van der Waals surface area (Å²) in [6, 6.07) is 14.3. The van der Waals surface area contributed by atoms with Gasteiger partial charge < -0.3 is 4.74 Å². The lowest BCUT2D eigenvalue weighted by atomic mass is 10.0. The van der Waals surface area contributed by atoms with E-state index < -0.39 is 0 Å². The van der Waals surface area contributed by atoms with Crippen LogP contribution in [0.4, 0.5) is 0 Å². The summed E-state index contributed by atoms with van der Waals surface area (Å²) in [6.07, 6.45) is 1.70. The van der Waals surface area contributed by atoms with E-state index in [0.717, 1.165) is 10.9 Å². The molecule has 0 unspecified atom stereocenters. The van der Waals surface area contributed by atoms with Crippen molar-refractivity contribution in [1.29, 1.82) is 0 Å². The summed E-state index contributed by atoms with van der Waals surface area (Å²) < 4.78 is 5.24. The number of methoxy groups -OCH3 is 1. The molecule has 0 fully saturated rings. The lowest BCUT2D eigenvalue weighted by Gasteiger charge is -2.08. The maximum atomic E-state index is 12.7. The number of halogens is 1. The average Bonchev–Trinajstić information content (AvgIpc) is 2.53. The average molecular weight is 298 g/mol. The van der Waals surface area contributed by atoms with Crippen LogP contribution in [0.3, 0.4) is 0 Å². The van der Waals surface area contributed by atoms with Crippen molar-refractivity contribution < 1.29 is 9.53 Å². The van der Waals surface area contributed by atoms with Crippen molar-refractivity contribution in [2.75, 3.05) is 7.11 Å². The lowest BCUT2D eigenvalue weighted by Crippen LogP contribution is -2.04. The van der Waals surface area contributed by atoms with Gasteiger partial charge in [-0.1, -0.05) is 29.8 Å². The molecule has 1 aromatic heterocycles. The number of ether oxygens (including phenoxy) is 1. The van der Waals surface area contributed by atoms with Crippen LogP contribution in [0.2, 0.25) is 5.02 Å². The van der Waals surface area contributed by atoms with Crippen molar-refractivity contribution in [2.45, 2.75) is 0 Å². The standard InChI is InChI=1S/C17H12ClNO2/c1-21-16-7-6-13(18)10-14(16)17(20)12-5-4-11-3-2-8-19-15(11)9-12/h2-10H,1H3. The van der Waals surface area contributed by atoms with Gasteiger partial charge in [-0.3, -0.25) is 9.78 Å². The van der Waals surface area contributed by atoms with Crippen LogP contribution in [0.15, 0.2) is 54.7 Å². The Morgan fingerprint density at radius 3 is 2.81 bits per heavy atom. The number of pyridine rings is 1. The number of hydrogen-bond donors (Lipinski definition) is 0. The minimum absolute atomic E-state index is 0.137. The summed E-state index contributed by atoms with van der Waals surface area (Å²) in [5, 5.41) is 1.49. The van der Waals surface area contributed by atoms with E-state index in [9.17, 15) is 4.79 Å². The molecule has 4 heteroatoms. The number of fused-ring (bicyclic) bond motifs is 1. The molecule has 0 bridgehead atoms. The van der Waals surface area contributed by atoms with E-state index in [1.807, 2.05) is 18.2 Å². The number of carbonyl (C=O) groups excluding carboxylic acids is 1. The smallest absolute Gasteiger partial charge is 0.196 e. The summed E-state index contributed by atoms with van der Waals surface area (Å²) >= 11 is 5.98. The van der Waals surface area contributed by atoms with Crippen LogP contribution in [-0.2, 0) is 0 Å². The highest BCUT2D eigenvalue weighted by molar-refractivity contribution is 6.31. The third kappa shape index (κ3) is 2.60. The lowest BCUT2D eigenvalue weighted by molar-refractivity contribution is 0.103. The highest BCUT2D eigenvalue weighted by Gasteiger charge is 2.15. The molecular weight excluding hydrogens is 286 g/mol. The Hall–Kier alpha value is -2.39. The Labute approximate surface area is 127 Å². The summed E-state index contributed by atoms with van der Waals surface area (Å²) in [5.74, 6) is 0.368. The Morgan fingerprint density at radius 1 is 1.14 bits per heavy atom. The molecule has 3 aromatic rings. The molecule has 0 amide bonds. The molecule has 0 saturated carbocycles. The van der Waals surface area contributed by atoms with Gasteiger partial charge in [0.25, 0.3) is 0 Å². The highest BCUT2D eigenvalue weighted by Crippen LogP contribution is 2.26. The van der Waals surface area contributed by atoms with Crippen molar-refractivity contribution in [1.82, 2.24) is 4.98 Å². The van der Waals surface area contributed by atoms with Gasteiger partial charge in [0.1, 0.15) is 5.75 Å². The molecule has 2 aromatic carbocycles. The molecule has 0 saturated heterocycles. The highest BCUT2D eigenvalue weighted by atomic mass is 35.5. The Bertz CT molecular complexity index is 830. The van der Waals surface area contributed by atoms with E-state index in [4.69, 9.17) is 16.3 Å². The van der Waals surface area contributed by atoms with Crippen molar-refractivity contribution in [2.24, 2.45) is 0 Å². The molecule has 1 heterocycles. The van der Waals surface area contributed by atoms with E-state index >= 15 is 0 Å². The second kappa shape index (κ2) is 5.54. The van der Waals surface area contributed by atoms with Gasteiger partial charge in [-0.25, -0.2) is 0 Å². The molecular formula is C17H12ClNO2. The van der Waals surface area contributed by atoms with Crippen LogP contribution in [0, 0.1) is 0 Å². The largest absolute Gasteiger partial charge is 0.496 e. The third-order valence-corrected chi connectivity index (χ3v) is 3.51. The SMILES string of the molecule is COc1ccc(Cl)cc1C(=O)c1ccc2cccnc2c1. The Morgan fingerprint density at radius 2 is 2.00 bits per heavy atom. The van der Waals surface area contributed by atoms with Gasteiger partial charge in [-0.15, -0.1) is 0 Å². The first-order valence-corrected chi connectivity index (χ1v) is 6.80. The number of nitrogens with zero attached hydrogens (tertiary/aromatic N) is 1. The van der Waals surface area contributed by atoms with Gasteiger partial charge in [0.05, 0.1) is 18.2 Å². The van der Waals surface area contributed by atoms with Crippen LogP contribution in [0.1, 0.15) is 15.9 Å². The van der Waals surface area contributed by atoms with Crippen LogP contribution in [-0.4, -0.2) is 17.9 Å². The summed E-state index contributed by atoms with van der Waals surface area (Å²) in [5.41, 5.74) is 1.78. The van der Waals surface area contributed by atoms with Gasteiger partial charge in [-0.2, -0.15) is 0 Å². The molecule has 0 radical (unpaired) electrons. The number of hydrogen-bond acceptors (Lipinski definition) is 3. The molecule has 21 heavy (non-hydrogen) atoms. The fourth-order valence-electron chi connectivity index (χ4n) is 2.22. The number of ketones is 1. The van der Waals surface area contributed by atoms with E-state index in [0.29, 0.717) is 21.9 Å². The molecule has 104 valence electrons. The van der Waals surface area contributed by atoms with E-state index in [1.165, 1.54) is 7.11 Å². The minimum atomic E-state index is -0.137. The van der Waals surface area contributed by atoms with E-state index in [1.54, 1.807) is 36.5 Å². The van der Waals surface area contributed by atoms with Gasteiger partial charge >= 0.3 is 0 Å². The summed E-state index contributed by atoms with van der Waals surface area (Å²) in [7, 11) is 1.53. The van der Waals surface area contributed by atoms with E-state index in [2.05, 4.69) is 4.98 Å². The van der Waals surface area contributed by atoms with E-state index in [-0.39, 0.29) is 5.78 Å². The zero-order chi connectivity index (χ0) is 14.8. The van der Waals surface area contributed by atoms with Crippen molar-refractivity contribution in [3.63, 3.8) is 0 Å². The molecule has 0 atom stereocenters. The molecule has 0 N–H and O–H groups in total. The molecule has 3 rings (SSSR count). The Balaban J connectivity index is 2.10. The van der Waals surface area contributed by atoms with Gasteiger partial charge in [-0.05, 0) is 30.3 Å². The minimum Gasteiger partial charge on any atom is -0.496 e. The first-order valence-electron chi connectivity index (χ1n) is 6.42. The molecule has 0 spiro atoms. The topological polar surface area (TPSA) is 39.2 Å². The van der Waals surface area contributed by atoms with Crippen molar-refractivity contribution >= 4 is 28.3 Å². The number of aromatic nitrogens is 1. The second-order valence-corrected chi connectivity index (χ2v) is 5.02. The van der Waals surface area contributed by atoms with Crippen molar-refractivity contribution in [3.05, 3.63) is 70.9 Å². The number of carbonyl (C=O) groups is 1. The molecule has 0 aliphatic rings. The van der Waals surface area contributed by atoms with Gasteiger partial charge in [0.15, 0.2) is 5.78 Å². The van der Waals surface area contributed by atoms with Gasteiger partial charge in [0, 0.05) is 22.2 Å². The normalized spacial score (nSPS) is 10.6. The zero-order valence-electron chi connectivity index (χ0n) is 11.3. The molecule has 0 aliphatic heterocycles. The van der Waals surface area contributed by atoms with Crippen LogP contribution in [0.25, 0.3) is 10.9 Å². The first-order chi connectivity index (χ1) is 10.2. The quantitative estimate of drug-likeness (QED) is 0.682. The van der Waals surface area contributed by atoms with Crippen LogP contribution in [0.5, 0.6) is 5.75 Å². The fourth-order valence-corrected chi connectivity index (χ4v) is 2.39. The number of rotatable bonds is 3. The second-order valence-electron chi connectivity index (χ2n) is 4.58. The maximum absolute atomic E-state index is 12.7. The summed E-state index contributed by atoms with van der Waals surface area (Å²) in [4.78, 5) is 16.9. The maximum Gasteiger partial charge on any atom is 0.196 e. The summed E-state index contributed by atoms with van der Waals surface area (Å²) in [6.45, 7) is 0. The van der Waals surface area contributed by atoms with Crippen LogP contribution < -0.4 is 4.74 Å². The fraction of sp³-hybridized carbons (Fsp3) is 0.0588. The number of benzene rings is 2. The zero-order valence-corrected chi connectivity index (χ0v) is 12.1. The van der Waals surface area contributed by atoms with Crippen molar-refractivity contribution in [3.8, 4) is 5.75 Å². The molecule has 0 aliphatic carbocycles. The molecule has 3 nitrogen and oxygen atoms in total. The Kier molecular flexibility index (Phi) is 3.59. The van der Waals surface area contributed by atoms with Gasteiger partial charge in [0.2, 0.25) is 0 Å². The predicted molar refractivity (Wildman–Crippen MR) is 83.2 cm³/mol. The predicted octanol–water partition coefficient (Wildman–Crippen LogP) is 4.13. The first kappa shape index (κ1) is 13.6. The monoisotopic (exact) mass is 297 g/mol.